The first kappa shape index (κ1) is 8.72. The number of alkyl halides is 3. The fraction of sp³-hybridized carbons (Fsp3) is 0.667. The molecule has 0 aromatic carbocycles. The highest BCUT2D eigenvalue weighted by Crippen LogP contribution is 2.31. The Morgan fingerprint density at radius 3 is 2.12 bits per heavy atom. The molecule has 0 unspecified atom stereocenters. The molecule has 5 heteroatoms. The lowest BCUT2D eigenvalue weighted by Gasteiger charge is -2.06. The molecule has 0 aliphatic rings. The third-order valence-electron chi connectivity index (χ3n) is 0.417. The zero-order valence-corrected chi connectivity index (χ0v) is 7.88. The van der Waals surface area contributed by atoms with Crippen LogP contribution in [0.5, 0.6) is 0 Å². The summed E-state index contributed by atoms with van der Waals surface area (Å²) in [6.45, 7) is 0. The van der Waals surface area contributed by atoms with Crippen molar-refractivity contribution in [2.24, 2.45) is 0 Å². The van der Waals surface area contributed by atoms with Crippen LogP contribution < -0.4 is 0 Å². The van der Waals surface area contributed by atoms with Crippen molar-refractivity contribution in [3.05, 3.63) is 0 Å². The lowest BCUT2D eigenvalue weighted by molar-refractivity contribution is -0.138. The highest BCUT2D eigenvalue weighted by atomic mass is 79.9. The average Bonchev–Trinajstić information content (AvgIpc) is 1.62. The van der Waals surface area contributed by atoms with Crippen molar-refractivity contribution in [3.8, 4) is 0 Å². The van der Waals surface area contributed by atoms with Gasteiger partial charge in [-0.25, -0.2) is 4.79 Å². The van der Waals surface area contributed by atoms with Gasteiger partial charge in [0.1, 0.15) is 0 Å². The second kappa shape index (κ2) is 3.03. The van der Waals surface area contributed by atoms with Crippen LogP contribution in [-0.2, 0) is 9.53 Å². The Hall–Kier alpha value is 0.720. The number of esters is 1. The van der Waals surface area contributed by atoms with Crippen molar-refractivity contribution in [1.82, 2.24) is 0 Å². The summed E-state index contributed by atoms with van der Waals surface area (Å²) in [6, 6.07) is 0. The highest BCUT2D eigenvalue weighted by molar-refractivity contribution is 9.26. The number of hydrogen-bond donors (Lipinski definition) is 0. The van der Waals surface area contributed by atoms with Crippen molar-refractivity contribution < 1.29 is 9.53 Å². The van der Waals surface area contributed by atoms with Crippen LogP contribution in [0.1, 0.15) is 0 Å². The zero-order chi connectivity index (χ0) is 6.78. The Bertz CT molecular complexity index is 97.9. The highest BCUT2D eigenvalue weighted by Gasteiger charge is 2.29. The van der Waals surface area contributed by atoms with Crippen LogP contribution in [0.25, 0.3) is 0 Å². The van der Waals surface area contributed by atoms with E-state index in [9.17, 15) is 4.79 Å². The fourth-order valence-electron chi connectivity index (χ4n) is 0.116. The number of methoxy groups -OCH3 is 1. The molecule has 0 N–H and O–H groups in total. The number of carbonyl (C=O) groups is 1. The second-order valence-electron chi connectivity index (χ2n) is 0.989. The van der Waals surface area contributed by atoms with Crippen LogP contribution in [0.15, 0.2) is 0 Å². The molecule has 0 bridgehead atoms. The van der Waals surface area contributed by atoms with Gasteiger partial charge in [-0.2, -0.15) is 0 Å². The van der Waals surface area contributed by atoms with E-state index >= 15 is 0 Å². The SMILES string of the molecule is COC(=O)C(Cl)(Br)Br. The molecule has 0 fully saturated rings. The first-order valence-electron chi connectivity index (χ1n) is 1.63. The van der Waals surface area contributed by atoms with Gasteiger partial charge in [0, 0.05) is 0 Å². The maximum Gasteiger partial charge on any atom is 0.349 e. The molecule has 0 atom stereocenters. The van der Waals surface area contributed by atoms with Gasteiger partial charge < -0.3 is 4.74 Å². The molecule has 0 heterocycles. The van der Waals surface area contributed by atoms with Crippen LogP contribution in [0.3, 0.4) is 0 Å². The molecule has 0 rings (SSSR count). The summed E-state index contributed by atoms with van der Waals surface area (Å²) in [5, 5.41) is 0. The summed E-state index contributed by atoms with van der Waals surface area (Å²) in [7, 11) is 1.25. The van der Waals surface area contributed by atoms with E-state index in [0.29, 0.717) is 0 Å². The molecule has 2 nitrogen and oxygen atoms in total. The van der Waals surface area contributed by atoms with Gasteiger partial charge in [0.15, 0.2) is 0 Å². The van der Waals surface area contributed by atoms with Crippen LogP contribution >= 0.6 is 43.5 Å². The lowest BCUT2D eigenvalue weighted by atomic mass is 10.8. The molecule has 0 aromatic rings. The van der Waals surface area contributed by atoms with E-state index in [0.717, 1.165) is 0 Å². The second-order valence-corrected chi connectivity index (χ2v) is 5.91. The van der Waals surface area contributed by atoms with E-state index in [2.05, 4.69) is 36.6 Å². The van der Waals surface area contributed by atoms with E-state index in [1.54, 1.807) is 0 Å². The van der Waals surface area contributed by atoms with Gasteiger partial charge in [0.25, 0.3) is 0 Å². The zero-order valence-electron chi connectivity index (χ0n) is 3.95. The normalized spacial score (nSPS) is 11.0. The van der Waals surface area contributed by atoms with Crippen LogP contribution in [0.2, 0.25) is 0 Å². The molecule has 0 saturated heterocycles. The first-order valence-corrected chi connectivity index (χ1v) is 3.60. The Kier molecular flexibility index (Phi) is 3.31. The molecule has 0 spiro atoms. The van der Waals surface area contributed by atoms with Crippen LogP contribution in [-0.4, -0.2) is 15.8 Å². The molecule has 0 radical (unpaired) electrons. The monoisotopic (exact) mass is 264 g/mol. The maximum absolute atomic E-state index is 10.4. The van der Waals surface area contributed by atoms with Gasteiger partial charge in [-0.05, 0) is 31.9 Å². The van der Waals surface area contributed by atoms with Gasteiger partial charge in [-0.1, -0.05) is 11.6 Å². The van der Waals surface area contributed by atoms with Gasteiger partial charge >= 0.3 is 5.97 Å². The number of rotatable bonds is 1. The first-order chi connectivity index (χ1) is 3.48. The molecule has 0 aliphatic heterocycles. The van der Waals surface area contributed by atoms with Crippen molar-refractivity contribution in [2.45, 2.75) is 2.69 Å². The standard InChI is InChI=1S/C3H3Br2ClO2/c1-8-2(7)3(4,5)6/h1H3. The van der Waals surface area contributed by atoms with Gasteiger partial charge in [0.2, 0.25) is 2.69 Å². The lowest BCUT2D eigenvalue weighted by Crippen LogP contribution is -2.18. The Morgan fingerprint density at radius 2 is 2.12 bits per heavy atom. The van der Waals surface area contributed by atoms with E-state index in [4.69, 9.17) is 11.6 Å². The molecule has 0 aliphatic carbocycles. The van der Waals surface area contributed by atoms with E-state index < -0.39 is 8.66 Å². The molecule has 0 aromatic heterocycles. The summed E-state index contributed by atoms with van der Waals surface area (Å²) in [6.07, 6.45) is 0. The molecule has 0 saturated carbocycles. The van der Waals surface area contributed by atoms with Crippen LogP contribution in [0.4, 0.5) is 0 Å². The van der Waals surface area contributed by atoms with Gasteiger partial charge in [0.05, 0.1) is 7.11 Å². The summed E-state index contributed by atoms with van der Waals surface area (Å²) >= 11 is 11.0. The summed E-state index contributed by atoms with van der Waals surface area (Å²) < 4.78 is 2.99. The predicted molar refractivity (Wildman–Crippen MR) is 38.5 cm³/mol. The Morgan fingerprint density at radius 1 is 1.75 bits per heavy atom. The van der Waals surface area contributed by atoms with E-state index in [1.807, 2.05) is 0 Å². The molecular weight excluding hydrogens is 263 g/mol. The minimum absolute atomic E-state index is 0.570. The number of hydrogen-bond acceptors (Lipinski definition) is 2. The Balaban J connectivity index is 3.82. The largest absolute Gasteiger partial charge is 0.466 e. The summed E-state index contributed by atoms with van der Waals surface area (Å²) in [5.41, 5.74) is 0. The minimum Gasteiger partial charge on any atom is -0.466 e. The minimum atomic E-state index is -1.26. The maximum atomic E-state index is 10.4. The molecule has 0 amide bonds. The number of carbonyl (C=O) groups excluding carboxylic acids is 1. The quantitative estimate of drug-likeness (QED) is 0.535. The van der Waals surface area contributed by atoms with Crippen molar-refractivity contribution in [3.63, 3.8) is 0 Å². The number of ether oxygens (including phenoxy) is 1. The van der Waals surface area contributed by atoms with Crippen LogP contribution in [0, 0.1) is 0 Å². The fourth-order valence-corrected chi connectivity index (χ4v) is 0.517. The third kappa shape index (κ3) is 2.89. The molecular formula is C3H3Br2ClO2. The van der Waals surface area contributed by atoms with E-state index in [1.165, 1.54) is 7.11 Å². The third-order valence-corrected chi connectivity index (χ3v) is 1.22. The smallest absolute Gasteiger partial charge is 0.349 e. The summed E-state index contributed by atoms with van der Waals surface area (Å²) in [5.74, 6) is -0.570. The average molecular weight is 266 g/mol. The van der Waals surface area contributed by atoms with Crippen molar-refractivity contribution in [1.29, 1.82) is 0 Å². The number of halogens is 3. The Labute approximate surface area is 68.8 Å². The topological polar surface area (TPSA) is 26.3 Å². The van der Waals surface area contributed by atoms with Crippen molar-refractivity contribution >= 4 is 49.4 Å². The predicted octanol–water partition coefficient (Wildman–Crippen LogP) is 1.84. The van der Waals surface area contributed by atoms with Gasteiger partial charge in [-0.3, -0.25) is 0 Å². The molecule has 48 valence electrons. The van der Waals surface area contributed by atoms with E-state index in [-0.39, 0.29) is 0 Å². The molecule has 8 heavy (non-hydrogen) atoms. The van der Waals surface area contributed by atoms with Gasteiger partial charge in [-0.15, -0.1) is 0 Å². The summed E-state index contributed by atoms with van der Waals surface area (Å²) in [4.78, 5) is 10.4. The van der Waals surface area contributed by atoms with Crippen molar-refractivity contribution in [2.75, 3.05) is 7.11 Å².